The second-order valence-electron chi connectivity index (χ2n) is 7.41. The first-order valence-electron chi connectivity index (χ1n) is 10.5. The van der Waals surface area contributed by atoms with E-state index in [9.17, 15) is 4.79 Å². The molecule has 0 aliphatic carbocycles. The van der Waals surface area contributed by atoms with Crippen molar-refractivity contribution in [1.29, 1.82) is 0 Å². The van der Waals surface area contributed by atoms with Gasteiger partial charge in [-0.3, -0.25) is 9.36 Å². The van der Waals surface area contributed by atoms with Crippen LogP contribution in [0, 0.1) is 17.4 Å². The minimum atomic E-state index is -0.249. The van der Waals surface area contributed by atoms with E-state index >= 15 is 0 Å². The zero-order valence-corrected chi connectivity index (χ0v) is 21.6. The fourth-order valence-corrected chi connectivity index (χ4v) is 4.61. The number of aryl methyl sites for hydroxylation is 2. The molecule has 0 bridgehead atoms. The van der Waals surface area contributed by atoms with E-state index in [4.69, 9.17) is 4.42 Å². The van der Waals surface area contributed by atoms with Crippen LogP contribution in [0.4, 0.5) is 5.69 Å². The maximum Gasteiger partial charge on any atom is 0.250 e. The number of hydrogen-bond acceptors (Lipinski definition) is 7. The van der Waals surface area contributed by atoms with Crippen LogP contribution < -0.4 is 10.7 Å². The highest BCUT2D eigenvalue weighted by Gasteiger charge is 2.16. The van der Waals surface area contributed by atoms with Crippen molar-refractivity contribution in [2.24, 2.45) is 5.10 Å². The molecule has 10 heteroatoms. The van der Waals surface area contributed by atoms with E-state index in [0.717, 1.165) is 28.5 Å². The number of thioether (sulfide) groups is 1. The third kappa shape index (κ3) is 6.26. The van der Waals surface area contributed by atoms with E-state index in [1.807, 2.05) is 47.9 Å². The van der Waals surface area contributed by atoms with Gasteiger partial charge in [0.05, 0.1) is 18.5 Å². The highest BCUT2D eigenvalue weighted by Crippen LogP contribution is 2.23. The predicted molar refractivity (Wildman–Crippen MR) is 142 cm³/mol. The van der Waals surface area contributed by atoms with Crippen LogP contribution in [0.2, 0.25) is 0 Å². The highest BCUT2D eigenvalue weighted by molar-refractivity contribution is 14.1. The minimum Gasteiger partial charge on any atom is -0.460 e. The van der Waals surface area contributed by atoms with Gasteiger partial charge in [-0.1, -0.05) is 30.0 Å². The van der Waals surface area contributed by atoms with E-state index in [1.165, 1.54) is 21.5 Å². The third-order valence-corrected chi connectivity index (χ3v) is 6.41. The SMILES string of the molecule is Cc1ccc(/C=N\NC(=O)CSc2nnc(CNc3ccc(I)cc3C)n2-c2ccccc2)o1. The Balaban J connectivity index is 1.44. The second-order valence-corrected chi connectivity index (χ2v) is 9.60. The number of carbonyl (C=O) groups excluding carboxylic acids is 1. The number of carbonyl (C=O) groups is 1. The summed E-state index contributed by atoms with van der Waals surface area (Å²) in [6, 6.07) is 19.7. The van der Waals surface area contributed by atoms with Crippen LogP contribution in [0.15, 0.2) is 75.3 Å². The Morgan fingerprint density at radius 2 is 1.97 bits per heavy atom. The largest absolute Gasteiger partial charge is 0.460 e. The van der Waals surface area contributed by atoms with E-state index in [0.29, 0.717) is 17.5 Å². The Morgan fingerprint density at radius 1 is 1.15 bits per heavy atom. The van der Waals surface area contributed by atoms with Crippen molar-refractivity contribution in [2.75, 3.05) is 11.1 Å². The molecule has 2 heterocycles. The van der Waals surface area contributed by atoms with Gasteiger partial charge in [-0.25, -0.2) is 5.43 Å². The van der Waals surface area contributed by atoms with Gasteiger partial charge < -0.3 is 9.73 Å². The van der Waals surface area contributed by atoms with Crippen LogP contribution in [0.3, 0.4) is 0 Å². The maximum absolute atomic E-state index is 12.3. The minimum absolute atomic E-state index is 0.142. The number of halogens is 1. The Morgan fingerprint density at radius 3 is 2.71 bits per heavy atom. The third-order valence-electron chi connectivity index (χ3n) is 4.81. The van der Waals surface area contributed by atoms with Gasteiger partial charge in [-0.2, -0.15) is 5.10 Å². The number of hydrogen-bond donors (Lipinski definition) is 2. The summed E-state index contributed by atoms with van der Waals surface area (Å²) in [5.41, 5.74) is 5.65. The Hall–Kier alpha value is -3.12. The van der Waals surface area contributed by atoms with Gasteiger partial charge in [-0.05, 0) is 84.5 Å². The molecule has 0 unspecified atom stereocenters. The number of aromatic nitrogens is 3. The quantitative estimate of drug-likeness (QED) is 0.125. The Bertz CT molecular complexity index is 1300. The van der Waals surface area contributed by atoms with Crippen molar-refractivity contribution in [2.45, 2.75) is 25.5 Å². The van der Waals surface area contributed by atoms with Gasteiger partial charge in [-0.15, -0.1) is 10.2 Å². The molecule has 1 amide bonds. The molecule has 0 aliphatic heterocycles. The zero-order valence-electron chi connectivity index (χ0n) is 18.7. The molecule has 0 radical (unpaired) electrons. The van der Waals surface area contributed by atoms with Crippen molar-refractivity contribution in [3.63, 3.8) is 0 Å². The first-order chi connectivity index (χ1) is 16.5. The summed E-state index contributed by atoms with van der Waals surface area (Å²) >= 11 is 3.60. The molecule has 0 fully saturated rings. The molecule has 0 atom stereocenters. The van der Waals surface area contributed by atoms with Gasteiger partial charge in [0, 0.05) is 14.9 Å². The van der Waals surface area contributed by atoms with Crippen LogP contribution >= 0.6 is 34.4 Å². The molecule has 0 aliphatic rings. The van der Waals surface area contributed by atoms with Crippen molar-refractivity contribution >= 4 is 52.2 Å². The molecular weight excluding hydrogens is 563 g/mol. The Labute approximate surface area is 215 Å². The average Bonchev–Trinajstić information content (AvgIpc) is 3.43. The molecule has 0 saturated carbocycles. The molecule has 4 rings (SSSR count). The number of furan rings is 1. The molecule has 0 spiro atoms. The smallest absolute Gasteiger partial charge is 0.250 e. The second kappa shape index (κ2) is 11.3. The number of para-hydroxylation sites is 1. The number of rotatable bonds is 9. The lowest BCUT2D eigenvalue weighted by atomic mass is 10.2. The highest BCUT2D eigenvalue weighted by atomic mass is 127. The monoisotopic (exact) mass is 586 g/mol. The summed E-state index contributed by atoms with van der Waals surface area (Å²) in [6.07, 6.45) is 1.47. The standard InChI is InChI=1S/C24H23IN6O2S/c1-16-12-18(25)9-11-21(16)26-14-22-28-30-24(31(22)19-6-4-3-5-7-19)34-15-23(32)29-27-13-20-10-8-17(2)33-20/h3-13,26H,14-15H2,1-2H3,(H,29,32)/b27-13-. The van der Waals surface area contributed by atoms with Crippen LogP contribution in [0.1, 0.15) is 22.9 Å². The van der Waals surface area contributed by atoms with Crippen molar-refractivity contribution in [3.05, 3.63) is 87.1 Å². The normalized spacial score (nSPS) is 11.1. The first-order valence-corrected chi connectivity index (χ1v) is 12.6. The topological polar surface area (TPSA) is 97.3 Å². The summed E-state index contributed by atoms with van der Waals surface area (Å²) < 4.78 is 8.55. The zero-order chi connectivity index (χ0) is 23.9. The lowest BCUT2D eigenvalue weighted by Gasteiger charge is -2.12. The molecule has 4 aromatic rings. The number of anilines is 1. The molecule has 2 aromatic carbocycles. The first kappa shape index (κ1) is 24.0. The molecule has 2 N–H and O–H groups in total. The lowest BCUT2D eigenvalue weighted by Crippen LogP contribution is -2.20. The number of benzene rings is 2. The maximum atomic E-state index is 12.3. The van der Waals surface area contributed by atoms with E-state index in [1.54, 1.807) is 6.07 Å². The van der Waals surface area contributed by atoms with Crippen molar-refractivity contribution in [3.8, 4) is 5.69 Å². The van der Waals surface area contributed by atoms with Crippen LogP contribution in [0.5, 0.6) is 0 Å². The van der Waals surface area contributed by atoms with Crippen molar-refractivity contribution < 1.29 is 9.21 Å². The van der Waals surface area contributed by atoms with Crippen LogP contribution in [0.25, 0.3) is 5.69 Å². The fraction of sp³-hybridized carbons (Fsp3) is 0.167. The van der Waals surface area contributed by atoms with E-state index in [-0.39, 0.29) is 11.7 Å². The van der Waals surface area contributed by atoms with Gasteiger partial charge in [0.2, 0.25) is 0 Å². The number of nitrogens with one attached hydrogen (secondary N) is 2. The average molecular weight is 586 g/mol. The van der Waals surface area contributed by atoms with Crippen LogP contribution in [-0.4, -0.2) is 32.6 Å². The summed E-state index contributed by atoms with van der Waals surface area (Å²) in [6.45, 7) is 4.41. The van der Waals surface area contributed by atoms with Gasteiger partial charge in [0.25, 0.3) is 5.91 Å². The molecule has 174 valence electrons. The molecular formula is C24H23IN6O2S. The lowest BCUT2D eigenvalue weighted by molar-refractivity contribution is -0.118. The van der Waals surface area contributed by atoms with Gasteiger partial charge in [0.15, 0.2) is 11.0 Å². The predicted octanol–water partition coefficient (Wildman–Crippen LogP) is 4.94. The molecule has 8 nitrogen and oxygen atoms in total. The number of amides is 1. The Kier molecular flexibility index (Phi) is 8.01. The van der Waals surface area contributed by atoms with Gasteiger partial charge in [0.1, 0.15) is 11.5 Å². The van der Waals surface area contributed by atoms with E-state index < -0.39 is 0 Å². The van der Waals surface area contributed by atoms with E-state index in [2.05, 4.69) is 73.8 Å². The van der Waals surface area contributed by atoms with Gasteiger partial charge >= 0.3 is 0 Å². The molecule has 2 aromatic heterocycles. The fourth-order valence-electron chi connectivity index (χ4n) is 3.20. The van der Waals surface area contributed by atoms with Crippen LogP contribution in [-0.2, 0) is 11.3 Å². The van der Waals surface area contributed by atoms with Crippen molar-refractivity contribution in [1.82, 2.24) is 20.2 Å². The molecule has 34 heavy (non-hydrogen) atoms. The number of nitrogens with zero attached hydrogens (tertiary/aromatic N) is 4. The number of hydrazone groups is 1. The molecule has 0 saturated heterocycles. The summed E-state index contributed by atoms with van der Waals surface area (Å²) in [4.78, 5) is 12.3. The summed E-state index contributed by atoms with van der Waals surface area (Å²) in [5, 5.41) is 16.8. The summed E-state index contributed by atoms with van der Waals surface area (Å²) in [7, 11) is 0. The summed E-state index contributed by atoms with van der Waals surface area (Å²) in [5.74, 6) is 2.00.